The van der Waals surface area contributed by atoms with Gasteiger partial charge in [-0.1, -0.05) is 11.6 Å². The lowest BCUT2D eigenvalue weighted by atomic mass is 10.2. The number of sulfonamides is 1. The molecule has 1 saturated carbocycles. The highest BCUT2D eigenvalue weighted by molar-refractivity contribution is 7.92. The molecule has 0 saturated heterocycles. The summed E-state index contributed by atoms with van der Waals surface area (Å²) in [4.78, 5) is 22.7. The van der Waals surface area contributed by atoms with Crippen LogP contribution in [0.4, 0.5) is 31.7 Å². The van der Waals surface area contributed by atoms with Gasteiger partial charge >= 0.3 is 0 Å². The summed E-state index contributed by atoms with van der Waals surface area (Å²) in [6.07, 6.45) is -0.254. The Morgan fingerprint density at radius 1 is 1.25 bits per heavy atom. The fraction of sp³-hybridized carbons (Fsp3) is 0.316. The zero-order valence-corrected chi connectivity index (χ0v) is 18.6. The number of hydrogen-bond donors (Lipinski definition) is 3. The standard InChI is InChI=1S/C19H19ClF2N6O3S/c1-28(32(2,30)31)13-7-10(20)5-6-11(13)23-12-8-14(25-19(29)9-3-4-9)24-17-15(12)26-18(27-17)16(21)22/h5-9,16H,3-4H2,1-2H3,(H3,23,24,25,26,27,29). The van der Waals surface area contributed by atoms with Gasteiger partial charge in [-0.3, -0.25) is 9.10 Å². The van der Waals surface area contributed by atoms with Crippen LogP contribution in [0.25, 0.3) is 11.2 Å². The highest BCUT2D eigenvalue weighted by atomic mass is 35.5. The Morgan fingerprint density at radius 2 is 1.97 bits per heavy atom. The second-order valence-electron chi connectivity index (χ2n) is 7.46. The predicted octanol–water partition coefficient (Wildman–Crippen LogP) is 4.04. The van der Waals surface area contributed by atoms with Crippen molar-refractivity contribution in [2.75, 3.05) is 28.2 Å². The summed E-state index contributed by atoms with van der Waals surface area (Å²) in [6, 6.07) is 6.01. The third-order valence-electron chi connectivity index (χ3n) is 4.94. The molecule has 3 aromatic rings. The fourth-order valence-electron chi connectivity index (χ4n) is 3.04. The van der Waals surface area contributed by atoms with E-state index < -0.39 is 22.3 Å². The number of fused-ring (bicyclic) bond motifs is 1. The molecule has 0 aliphatic heterocycles. The van der Waals surface area contributed by atoms with Gasteiger partial charge in [-0.25, -0.2) is 27.2 Å². The van der Waals surface area contributed by atoms with Gasteiger partial charge in [0.2, 0.25) is 15.9 Å². The van der Waals surface area contributed by atoms with Gasteiger partial charge in [0.25, 0.3) is 6.43 Å². The largest absolute Gasteiger partial charge is 0.352 e. The summed E-state index contributed by atoms with van der Waals surface area (Å²) in [5.74, 6) is -0.729. The molecule has 32 heavy (non-hydrogen) atoms. The van der Waals surface area contributed by atoms with Crippen LogP contribution in [-0.4, -0.2) is 42.6 Å². The maximum Gasteiger partial charge on any atom is 0.295 e. The average molecular weight is 485 g/mol. The monoisotopic (exact) mass is 484 g/mol. The Balaban J connectivity index is 1.80. The average Bonchev–Trinajstić information content (AvgIpc) is 3.47. The molecule has 1 fully saturated rings. The molecule has 1 aliphatic carbocycles. The maximum absolute atomic E-state index is 13.2. The van der Waals surface area contributed by atoms with E-state index in [1.54, 1.807) is 12.1 Å². The Morgan fingerprint density at radius 3 is 2.59 bits per heavy atom. The number of aromatic amines is 1. The molecule has 3 N–H and O–H groups in total. The summed E-state index contributed by atoms with van der Waals surface area (Å²) < 4.78 is 51.7. The first-order valence-corrected chi connectivity index (χ1v) is 11.8. The number of H-pyrrole nitrogens is 1. The molecule has 13 heteroatoms. The molecular formula is C19H19ClF2N6O3S. The van der Waals surface area contributed by atoms with Crippen LogP contribution in [0.2, 0.25) is 5.02 Å². The molecule has 0 atom stereocenters. The number of aromatic nitrogens is 3. The van der Waals surface area contributed by atoms with Crippen molar-refractivity contribution in [3.63, 3.8) is 0 Å². The zero-order valence-electron chi connectivity index (χ0n) is 17.0. The molecule has 0 unspecified atom stereocenters. The maximum atomic E-state index is 13.2. The Hall–Kier alpha value is -2.99. The van der Waals surface area contributed by atoms with Crippen molar-refractivity contribution < 1.29 is 22.0 Å². The number of amides is 1. The molecule has 0 bridgehead atoms. The van der Waals surface area contributed by atoms with Crippen LogP contribution in [-0.2, 0) is 14.8 Å². The van der Waals surface area contributed by atoms with E-state index in [1.165, 1.54) is 19.2 Å². The zero-order chi connectivity index (χ0) is 23.2. The molecule has 2 aromatic heterocycles. The molecule has 0 spiro atoms. The Kier molecular flexibility index (Phi) is 5.67. The topological polar surface area (TPSA) is 120 Å². The van der Waals surface area contributed by atoms with E-state index in [4.69, 9.17) is 11.6 Å². The quantitative estimate of drug-likeness (QED) is 0.465. The molecule has 4 rings (SSSR count). The number of rotatable bonds is 7. The lowest BCUT2D eigenvalue weighted by molar-refractivity contribution is -0.117. The molecule has 1 amide bonds. The minimum Gasteiger partial charge on any atom is -0.352 e. The van der Waals surface area contributed by atoms with Crippen LogP contribution in [0.15, 0.2) is 24.3 Å². The van der Waals surface area contributed by atoms with E-state index >= 15 is 0 Å². The van der Waals surface area contributed by atoms with Crippen molar-refractivity contribution in [1.82, 2.24) is 15.0 Å². The highest BCUT2D eigenvalue weighted by Gasteiger charge is 2.30. The number of carbonyl (C=O) groups excluding carboxylic acids is 1. The van der Waals surface area contributed by atoms with Crippen molar-refractivity contribution in [3.05, 3.63) is 35.1 Å². The fourth-order valence-corrected chi connectivity index (χ4v) is 3.71. The second-order valence-corrected chi connectivity index (χ2v) is 9.91. The summed E-state index contributed by atoms with van der Waals surface area (Å²) in [6.45, 7) is 0. The van der Waals surface area contributed by atoms with Gasteiger partial charge in [0.05, 0.1) is 23.3 Å². The first kappa shape index (κ1) is 22.2. The molecule has 0 radical (unpaired) electrons. The number of carbonyl (C=O) groups is 1. The minimum absolute atomic E-state index is 0.0448. The number of anilines is 4. The normalized spacial score (nSPS) is 14.1. The summed E-state index contributed by atoms with van der Waals surface area (Å²) >= 11 is 6.06. The van der Waals surface area contributed by atoms with Gasteiger partial charge in [-0.15, -0.1) is 0 Å². The molecule has 1 aliphatic rings. The third kappa shape index (κ3) is 4.60. The van der Waals surface area contributed by atoms with Crippen molar-refractivity contribution in [2.24, 2.45) is 5.92 Å². The van der Waals surface area contributed by atoms with Crippen molar-refractivity contribution in [2.45, 2.75) is 19.3 Å². The summed E-state index contributed by atoms with van der Waals surface area (Å²) in [7, 11) is -2.26. The van der Waals surface area contributed by atoms with E-state index in [9.17, 15) is 22.0 Å². The van der Waals surface area contributed by atoms with Gasteiger partial charge in [-0.05, 0) is 31.0 Å². The molecule has 170 valence electrons. The summed E-state index contributed by atoms with van der Waals surface area (Å²) in [5.41, 5.74) is 0.958. The number of halogens is 3. The van der Waals surface area contributed by atoms with E-state index in [1.807, 2.05) is 0 Å². The second kappa shape index (κ2) is 8.17. The number of hydrogen-bond acceptors (Lipinski definition) is 6. The molecular weight excluding hydrogens is 466 g/mol. The number of alkyl halides is 2. The third-order valence-corrected chi connectivity index (χ3v) is 6.37. The number of nitrogens with one attached hydrogen (secondary N) is 3. The Bertz CT molecular complexity index is 1310. The van der Waals surface area contributed by atoms with Crippen LogP contribution in [0.3, 0.4) is 0 Å². The predicted molar refractivity (Wildman–Crippen MR) is 118 cm³/mol. The molecule has 2 heterocycles. The summed E-state index contributed by atoms with van der Waals surface area (Å²) in [5, 5.41) is 6.01. The number of nitrogens with zero attached hydrogens (tertiary/aromatic N) is 3. The highest BCUT2D eigenvalue weighted by Crippen LogP contribution is 2.36. The van der Waals surface area contributed by atoms with Crippen LogP contribution in [0.1, 0.15) is 25.1 Å². The number of benzene rings is 1. The van der Waals surface area contributed by atoms with Crippen molar-refractivity contribution in [3.8, 4) is 0 Å². The van der Waals surface area contributed by atoms with Crippen molar-refractivity contribution in [1.29, 1.82) is 0 Å². The Labute approximate surface area is 187 Å². The van der Waals surface area contributed by atoms with Crippen molar-refractivity contribution >= 4 is 61.6 Å². The van der Waals surface area contributed by atoms with E-state index in [0.717, 1.165) is 23.4 Å². The lowest BCUT2D eigenvalue weighted by Gasteiger charge is -2.21. The number of imidazole rings is 1. The van der Waals surface area contributed by atoms with Crippen LogP contribution in [0.5, 0.6) is 0 Å². The lowest BCUT2D eigenvalue weighted by Crippen LogP contribution is -2.25. The molecule has 9 nitrogen and oxygen atoms in total. The number of pyridine rings is 1. The van der Waals surface area contributed by atoms with Gasteiger partial charge in [0.1, 0.15) is 11.3 Å². The first-order chi connectivity index (χ1) is 15.0. The van der Waals surface area contributed by atoms with E-state index in [2.05, 4.69) is 25.6 Å². The minimum atomic E-state index is -3.62. The molecule has 1 aromatic carbocycles. The van der Waals surface area contributed by atoms with Gasteiger partial charge in [0, 0.05) is 24.1 Å². The van der Waals surface area contributed by atoms with E-state index in [0.29, 0.717) is 10.7 Å². The van der Waals surface area contributed by atoms with Crippen LogP contribution < -0.4 is 14.9 Å². The van der Waals surface area contributed by atoms with Crippen LogP contribution >= 0.6 is 11.6 Å². The van der Waals surface area contributed by atoms with Gasteiger partial charge in [-0.2, -0.15) is 0 Å². The smallest absolute Gasteiger partial charge is 0.295 e. The van der Waals surface area contributed by atoms with Gasteiger partial charge in [0.15, 0.2) is 11.5 Å². The SMILES string of the molecule is CN(c1cc(Cl)ccc1Nc1cc(NC(=O)C2CC2)nc2[nH]c(C(F)F)nc12)S(C)(=O)=O. The van der Waals surface area contributed by atoms with Gasteiger partial charge < -0.3 is 15.6 Å². The van der Waals surface area contributed by atoms with Crippen LogP contribution in [0, 0.1) is 5.92 Å². The van der Waals surface area contributed by atoms with E-state index in [-0.39, 0.29) is 40.2 Å². The first-order valence-electron chi connectivity index (χ1n) is 9.53.